The number of aliphatic carboxylic acids is 2. The summed E-state index contributed by atoms with van der Waals surface area (Å²) in [7, 11) is -1.15. The molecule has 0 saturated carbocycles. The minimum atomic E-state index is -1.15. The molecule has 0 saturated heterocycles. The van der Waals surface area contributed by atoms with Crippen LogP contribution in [0.15, 0.2) is 0 Å². The fourth-order valence-electron chi connectivity index (χ4n) is 4.30. The van der Waals surface area contributed by atoms with Crippen molar-refractivity contribution in [1.29, 1.82) is 0 Å². The van der Waals surface area contributed by atoms with Crippen LogP contribution in [0.3, 0.4) is 0 Å². The first kappa shape index (κ1) is 30.3. The fourth-order valence-corrected chi connectivity index (χ4v) is 8.38. The zero-order chi connectivity index (χ0) is 23.2. The Balaban J connectivity index is 4.55. The predicted molar refractivity (Wildman–Crippen MR) is 137 cm³/mol. The first-order valence-electron chi connectivity index (χ1n) is 13.1. The Bertz CT molecular complexity index is 399. The molecule has 5 heteroatoms. The highest BCUT2D eigenvalue weighted by Gasteiger charge is 2.25. The molecule has 186 valence electrons. The molecule has 4 nitrogen and oxygen atoms in total. The van der Waals surface area contributed by atoms with Crippen LogP contribution in [0, 0.1) is 0 Å². The van der Waals surface area contributed by atoms with Gasteiger partial charge in [0.2, 0.25) is 0 Å². The third-order valence-electron chi connectivity index (χ3n) is 6.36. The Morgan fingerprint density at radius 3 is 1.06 bits per heavy atom. The largest absolute Gasteiger partial charge is 0.481 e. The highest BCUT2D eigenvalue weighted by atomic mass is 32.3. The quantitative estimate of drug-likeness (QED) is 0.143. The maximum atomic E-state index is 11.3. The molecular weight excluding hydrogens is 408 g/mol. The van der Waals surface area contributed by atoms with E-state index in [2.05, 4.69) is 13.8 Å². The first-order chi connectivity index (χ1) is 15.0. The number of rotatable bonds is 24. The summed E-state index contributed by atoms with van der Waals surface area (Å²) in [4.78, 5) is 22.6. The number of carbonyl (C=O) groups is 2. The van der Waals surface area contributed by atoms with Crippen molar-refractivity contribution < 1.29 is 19.8 Å². The maximum Gasteiger partial charge on any atom is 0.304 e. The van der Waals surface area contributed by atoms with Gasteiger partial charge in [-0.05, 0) is 35.9 Å². The summed E-state index contributed by atoms with van der Waals surface area (Å²) in [5, 5.41) is 18.6. The third kappa shape index (κ3) is 19.7. The Kier molecular flexibility index (Phi) is 20.7. The Labute approximate surface area is 194 Å². The van der Waals surface area contributed by atoms with Crippen molar-refractivity contribution in [2.45, 2.75) is 129 Å². The van der Waals surface area contributed by atoms with Gasteiger partial charge in [-0.1, -0.05) is 104 Å². The SMILES string of the molecule is CCCCCCCCCCS(CCCCCCCCCC)(CCC(=O)O)CCC(=O)O. The van der Waals surface area contributed by atoms with Crippen molar-refractivity contribution >= 4 is 22.0 Å². The van der Waals surface area contributed by atoms with Gasteiger partial charge in [-0.2, -0.15) is 0 Å². The zero-order valence-electron chi connectivity index (χ0n) is 20.7. The minimum Gasteiger partial charge on any atom is -0.481 e. The van der Waals surface area contributed by atoms with E-state index in [9.17, 15) is 19.8 Å². The van der Waals surface area contributed by atoms with E-state index in [0.717, 1.165) is 24.3 Å². The molecule has 0 aromatic heterocycles. The van der Waals surface area contributed by atoms with Crippen LogP contribution in [0.4, 0.5) is 0 Å². The van der Waals surface area contributed by atoms with E-state index in [1.54, 1.807) is 0 Å². The van der Waals surface area contributed by atoms with E-state index in [-0.39, 0.29) is 12.8 Å². The van der Waals surface area contributed by atoms with E-state index in [1.165, 1.54) is 89.9 Å². The van der Waals surface area contributed by atoms with Crippen LogP contribution >= 0.6 is 10.0 Å². The van der Waals surface area contributed by atoms with E-state index in [1.807, 2.05) is 0 Å². The van der Waals surface area contributed by atoms with E-state index >= 15 is 0 Å². The van der Waals surface area contributed by atoms with E-state index < -0.39 is 22.0 Å². The molecule has 0 aromatic rings. The van der Waals surface area contributed by atoms with Gasteiger partial charge in [0.25, 0.3) is 0 Å². The molecule has 2 N–H and O–H groups in total. The summed E-state index contributed by atoms with van der Waals surface area (Å²) in [6.07, 6.45) is 20.7. The molecule has 31 heavy (non-hydrogen) atoms. The lowest BCUT2D eigenvalue weighted by Gasteiger charge is -2.40. The van der Waals surface area contributed by atoms with Gasteiger partial charge >= 0.3 is 11.9 Å². The van der Waals surface area contributed by atoms with Gasteiger partial charge < -0.3 is 10.2 Å². The molecule has 0 aromatic carbocycles. The fraction of sp³-hybridized carbons (Fsp3) is 0.923. The first-order valence-corrected chi connectivity index (χ1v) is 15.4. The van der Waals surface area contributed by atoms with Gasteiger partial charge in [0.15, 0.2) is 0 Å². The highest BCUT2D eigenvalue weighted by Crippen LogP contribution is 2.51. The number of unbranched alkanes of at least 4 members (excludes halogenated alkanes) is 14. The summed E-state index contributed by atoms with van der Waals surface area (Å²) in [5.74, 6) is 2.08. The number of hydrogen-bond donors (Lipinski definition) is 2. The van der Waals surface area contributed by atoms with Gasteiger partial charge in [0, 0.05) is 0 Å². The van der Waals surface area contributed by atoms with Gasteiger partial charge in [-0.25, -0.2) is 10.0 Å². The van der Waals surface area contributed by atoms with Crippen molar-refractivity contribution in [3.8, 4) is 0 Å². The monoisotopic (exact) mass is 460 g/mol. The minimum absolute atomic E-state index is 0.197. The summed E-state index contributed by atoms with van der Waals surface area (Å²) in [6, 6.07) is 0. The van der Waals surface area contributed by atoms with Crippen LogP contribution in [0.25, 0.3) is 0 Å². The molecule has 0 heterocycles. The van der Waals surface area contributed by atoms with Gasteiger partial charge in [-0.3, -0.25) is 9.59 Å². The van der Waals surface area contributed by atoms with Gasteiger partial charge in [-0.15, -0.1) is 0 Å². The normalized spacial score (nSPS) is 12.2. The van der Waals surface area contributed by atoms with Gasteiger partial charge in [0.05, 0.1) is 12.8 Å². The summed E-state index contributed by atoms with van der Waals surface area (Å²) in [6.45, 7) is 4.48. The molecule has 0 bridgehead atoms. The van der Waals surface area contributed by atoms with Crippen LogP contribution in [0.2, 0.25) is 0 Å². The lowest BCUT2D eigenvalue weighted by atomic mass is 10.1. The predicted octanol–water partition coefficient (Wildman–Crippen LogP) is 8.02. The topological polar surface area (TPSA) is 74.6 Å². The summed E-state index contributed by atoms with van der Waals surface area (Å²) >= 11 is 0. The molecule has 0 spiro atoms. The third-order valence-corrected chi connectivity index (χ3v) is 10.8. The second kappa shape index (κ2) is 21.2. The van der Waals surface area contributed by atoms with Crippen LogP contribution in [-0.4, -0.2) is 45.2 Å². The molecule has 0 aliphatic rings. The molecule has 0 radical (unpaired) electrons. The number of hydrogen-bond acceptors (Lipinski definition) is 2. The molecule has 0 fully saturated rings. The van der Waals surface area contributed by atoms with Crippen LogP contribution in [-0.2, 0) is 9.59 Å². The highest BCUT2D eigenvalue weighted by molar-refractivity contribution is 8.33. The zero-order valence-corrected chi connectivity index (χ0v) is 21.5. The smallest absolute Gasteiger partial charge is 0.304 e. The standard InChI is InChI=1S/C26H52O4S/c1-3-5-7-9-11-13-15-17-21-31(23-19-25(27)28,24-20-26(29)30)22-18-16-14-12-10-8-6-4-2/h3-24H2,1-2H3,(H,27,28)(H,29,30). The molecular formula is C26H52O4S. The van der Waals surface area contributed by atoms with E-state index in [0.29, 0.717) is 11.5 Å². The van der Waals surface area contributed by atoms with Gasteiger partial charge in [0.1, 0.15) is 0 Å². The average molecular weight is 461 g/mol. The summed E-state index contributed by atoms with van der Waals surface area (Å²) < 4.78 is 0. The van der Waals surface area contributed by atoms with E-state index in [4.69, 9.17) is 0 Å². The Morgan fingerprint density at radius 2 is 0.774 bits per heavy atom. The molecule has 0 aliphatic carbocycles. The molecule has 0 amide bonds. The van der Waals surface area contributed by atoms with Crippen molar-refractivity contribution in [3.63, 3.8) is 0 Å². The lowest BCUT2D eigenvalue weighted by molar-refractivity contribution is -0.137. The van der Waals surface area contributed by atoms with Crippen molar-refractivity contribution in [1.82, 2.24) is 0 Å². The molecule has 0 aliphatic heterocycles. The van der Waals surface area contributed by atoms with Crippen molar-refractivity contribution in [2.75, 3.05) is 23.0 Å². The van der Waals surface area contributed by atoms with Crippen LogP contribution in [0.1, 0.15) is 129 Å². The maximum absolute atomic E-state index is 11.3. The Hall–Kier alpha value is -0.710. The van der Waals surface area contributed by atoms with Crippen molar-refractivity contribution in [3.05, 3.63) is 0 Å². The Morgan fingerprint density at radius 1 is 0.484 bits per heavy atom. The molecule has 0 rings (SSSR count). The second-order valence-corrected chi connectivity index (χ2v) is 13.4. The second-order valence-electron chi connectivity index (χ2n) is 9.28. The molecule has 0 atom stereocenters. The molecule has 0 unspecified atom stereocenters. The van der Waals surface area contributed by atoms with Crippen molar-refractivity contribution in [2.24, 2.45) is 0 Å². The lowest BCUT2D eigenvalue weighted by Crippen LogP contribution is -2.21. The number of carboxylic acid groups (broad SMARTS) is 2. The average Bonchev–Trinajstić information content (AvgIpc) is 2.74. The van der Waals surface area contributed by atoms with Crippen LogP contribution in [0.5, 0.6) is 0 Å². The summed E-state index contributed by atoms with van der Waals surface area (Å²) in [5.41, 5.74) is 0. The van der Waals surface area contributed by atoms with Crippen LogP contribution < -0.4 is 0 Å². The number of carboxylic acids is 2.